The normalized spacial score (nSPS) is 10.9. The smallest absolute Gasteiger partial charge is 0.352 e. The highest BCUT2D eigenvalue weighted by molar-refractivity contribution is 5.96. The SMILES string of the molecule is CC(=O)N/C(=C\c1ccc([O-])cc1)C(=O)O. The number of carbonyl (C=O) groups is 2. The van der Waals surface area contributed by atoms with E-state index in [1.807, 2.05) is 0 Å². The number of hydrogen-bond acceptors (Lipinski definition) is 3. The highest BCUT2D eigenvalue weighted by Gasteiger charge is 2.08. The average molecular weight is 220 g/mol. The molecule has 0 radical (unpaired) electrons. The zero-order valence-electron chi connectivity index (χ0n) is 8.56. The van der Waals surface area contributed by atoms with Gasteiger partial charge in [0.25, 0.3) is 0 Å². The first-order valence-corrected chi connectivity index (χ1v) is 4.48. The number of carbonyl (C=O) groups excluding carboxylic acids is 1. The van der Waals surface area contributed by atoms with Crippen molar-refractivity contribution < 1.29 is 19.8 Å². The van der Waals surface area contributed by atoms with Crippen molar-refractivity contribution in [2.45, 2.75) is 6.92 Å². The molecule has 0 saturated carbocycles. The topological polar surface area (TPSA) is 89.5 Å². The minimum absolute atomic E-state index is 0.159. The third-order valence-corrected chi connectivity index (χ3v) is 1.73. The summed E-state index contributed by atoms with van der Waals surface area (Å²) in [5.74, 6) is -1.86. The molecule has 0 unspecified atom stereocenters. The molecule has 2 N–H and O–H groups in total. The molecule has 5 nitrogen and oxygen atoms in total. The van der Waals surface area contributed by atoms with E-state index in [1.165, 1.54) is 37.3 Å². The molecule has 0 aromatic heterocycles. The molecule has 0 saturated heterocycles. The lowest BCUT2D eigenvalue weighted by Crippen LogP contribution is -2.24. The number of benzene rings is 1. The van der Waals surface area contributed by atoms with Crippen LogP contribution in [-0.2, 0) is 9.59 Å². The van der Waals surface area contributed by atoms with E-state index in [-0.39, 0.29) is 11.4 Å². The van der Waals surface area contributed by atoms with E-state index in [9.17, 15) is 14.7 Å². The summed E-state index contributed by atoms with van der Waals surface area (Å²) in [6, 6.07) is 5.60. The largest absolute Gasteiger partial charge is 0.872 e. The van der Waals surface area contributed by atoms with Crippen LogP contribution in [0.3, 0.4) is 0 Å². The molecule has 1 aromatic carbocycles. The van der Waals surface area contributed by atoms with Crippen LogP contribution in [0.1, 0.15) is 12.5 Å². The predicted octanol–water partition coefficient (Wildman–Crippen LogP) is 0.322. The molecule has 0 aliphatic rings. The van der Waals surface area contributed by atoms with Crippen molar-refractivity contribution in [3.8, 4) is 5.75 Å². The molecule has 0 aliphatic heterocycles. The van der Waals surface area contributed by atoms with E-state index >= 15 is 0 Å². The standard InChI is InChI=1S/C11H11NO4/c1-7(13)12-10(11(15)16)6-8-2-4-9(14)5-3-8/h2-6,14H,1H3,(H,12,13)(H,15,16)/p-1/b10-6-. The Morgan fingerprint density at radius 3 is 2.31 bits per heavy atom. The van der Waals surface area contributed by atoms with Crippen molar-refractivity contribution in [1.29, 1.82) is 0 Å². The molecule has 1 rings (SSSR count). The van der Waals surface area contributed by atoms with E-state index in [2.05, 4.69) is 5.32 Å². The Hall–Kier alpha value is -2.30. The second-order valence-corrected chi connectivity index (χ2v) is 3.11. The molecule has 0 fully saturated rings. The maximum absolute atomic E-state index is 10.8. The number of amides is 1. The van der Waals surface area contributed by atoms with E-state index in [4.69, 9.17) is 5.11 Å². The van der Waals surface area contributed by atoms with Gasteiger partial charge >= 0.3 is 5.97 Å². The van der Waals surface area contributed by atoms with Gasteiger partial charge in [0, 0.05) is 6.92 Å². The van der Waals surface area contributed by atoms with Gasteiger partial charge in [-0.1, -0.05) is 24.3 Å². The van der Waals surface area contributed by atoms with Gasteiger partial charge in [0.05, 0.1) is 0 Å². The van der Waals surface area contributed by atoms with Crippen LogP contribution in [-0.4, -0.2) is 17.0 Å². The highest BCUT2D eigenvalue weighted by atomic mass is 16.4. The van der Waals surface area contributed by atoms with Gasteiger partial charge in [0.15, 0.2) is 0 Å². The lowest BCUT2D eigenvalue weighted by molar-refractivity contribution is -0.268. The first-order valence-electron chi connectivity index (χ1n) is 4.48. The number of hydrogen-bond donors (Lipinski definition) is 2. The number of aliphatic carboxylic acids is 1. The van der Waals surface area contributed by atoms with Crippen LogP contribution < -0.4 is 10.4 Å². The molecule has 5 heteroatoms. The molecule has 1 amide bonds. The summed E-state index contributed by atoms with van der Waals surface area (Å²) >= 11 is 0. The first kappa shape index (κ1) is 11.8. The van der Waals surface area contributed by atoms with E-state index in [0.717, 1.165) is 0 Å². The van der Waals surface area contributed by atoms with Crippen molar-refractivity contribution in [3.05, 3.63) is 35.5 Å². The van der Waals surface area contributed by atoms with E-state index in [1.54, 1.807) is 0 Å². The van der Waals surface area contributed by atoms with Crippen LogP contribution in [0.15, 0.2) is 30.0 Å². The van der Waals surface area contributed by atoms with Crippen LogP contribution in [0, 0.1) is 0 Å². The van der Waals surface area contributed by atoms with Gasteiger partial charge in [-0.25, -0.2) is 4.79 Å². The van der Waals surface area contributed by atoms with E-state index < -0.39 is 11.9 Å². The lowest BCUT2D eigenvalue weighted by Gasteiger charge is -2.05. The molecule has 16 heavy (non-hydrogen) atoms. The summed E-state index contributed by atoms with van der Waals surface area (Å²) in [7, 11) is 0. The predicted molar refractivity (Wildman–Crippen MR) is 55.3 cm³/mol. The van der Waals surface area contributed by atoms with Crippen molar-refractivity contribution in [2.24, 2.45) is 0 Å². The molecule has 0 spiro atoms. The molecule has 84 valence electrons. The van der Waals surface area contributed by atoms with Crippen LogP contribution in [0.2, 0.25) is 0 Å². The summed E-state index contributed by atoms with van der Waals surface area (Å²) in [5.41, 5.74) is 0.303. The van der Waals surface area contributed by atoms with Crippen molar-refractivity contribution >= 4 is 18.0 Å². The van der Waals surface area contributed by atoms with Crippen molar-refractivity contribution in [1.82, 2.24) is 5.32 Å². The third kappa shape index (κ3) is 3.45. The van der Waals surface area contributed by atoms with Crippen molar-refractivity contribution in [3.63, 3.8) is 0 Å². The van der Waals surface area contributed by atoms with Gasteiger partial charge in [0.2, 0.25) is 5.91 Å². The van der Waals surface area contributed by atoms with E-state index in [0.29, 0.717) is 5.56 Å². The Labute approximate surface area is 92.0 Å². The fourth-order valence-corrected chi connectivity index (χ4v) is 1.07. The van der Waals surface area contributed by atoms with Gasteiger partial charge < -0.3 is 15.5 Å². The molecule has 0 bridgehead atoms. The first-order chi connectivity index (χ1) is 7.49. The number of nitrogens with one attached hydrogen (secondary N) is 1. The maximum atomic E-state index is 10.8. The minimum Gasteiger partial charge on any atom is -0.872 e. The summed E-state index contributed by atoms with van der Waals surface area (Å²) in [4.78, 5) is 21.5. The Morgan fingerprint density at radius 2 is 1.88 bits per heavy atom. The molecule has 0 heterocycles. The monoisotopic (exact) mass is 220 g/mol. The summed E-state index contributed by atoms with van der Waals surface area (Å²) in [5, 5.41) is 21.8. The highest BCUT2D eigenvalue weighted by Crippen LogP contribution is 2.10. The summed E-state index contributed by atoms with van der Waals surface area (Å²) in [6.07, 6.45) is 1.28. The number of carboxylic acid groups (broad SMARTS) is 1. The van der Waals surface area contributed by atoms with Gasteiger partial charge in [-0.15, -0.1) is 5.75 Å². The zero-order valence-corrected chi connectivity index (χ0v) is 8.56. The fourth-order valence-electron chi connectivity index (χ4n) is 1.07. The molecular formula is C11H10NO4-. The lowest BCUT2D eigenvalue weighted by atomic mass is 10.2. The van der Waals surface area contributed by atoms with Gasteiger partial charge in [-0.05, 0) is 11.6 Å². The van der Waals surface area contributed by atoms with Gasteiger partial charge in [0.1, 0.15) is 5.70 Å². The Bertz CT molecular complexity index is 434. The van der Waals surface area contributed by atoms with Crippen LogP contribution in [0.4, 0.5) is 0 Å². The average Bonchev–Trinajstić information content (AvgIpc) is 2.19. The Morgan fingerprint density at radius 1 is 1.31 bits per heavy atom. The third-order valence-electron chi connectivity index (χ3n) is 1.73. The molecule has 0 aliphatic carbocycles. The van der Waals surface area contributed by atoms with Gasteiger partial charge in [-0.3, -0.25) is 4.79 Å². The van der Waals surface area contributed by atoms with Crippen LogP contribution >= 0.6 is 0 Å². The number of carboxylic acids is 1. The quantitative estimate of drug-likeness (QED) is 0.718. The maximum Gasteiger partial charge on any atom is 0.352 e. The molecule has 1 aromatic rings. The van der Waals surface area contributed by atoms with Gasteiger partial charge in [-0.2, -0.15) is 0 Å². The summed E-state index contributed by atoms with van der Waals surface area (Å²) < 4.78 is 0. The van der Waals surface area contributed by atoms with Crippen LogP contribution in [0.5, 0.6) is 5.75 Å². The van der Waals surface area contributed by atoms with Crippen LogP contribution in [0.25, 0.3) is 6.08 Å². The number of rotatable bonds is 3. The van der Waals surface area contributed by atoms with Crippen molar-refractivity contribution in [2.75, 3.05) is 0 Å². The molecular weight excluding hydrogens is 210 g/mol. The minimum atomic E-state index is -1.23. The second kappa shape index (κ2) is 4.97. The summed E-state index contributed by atoms with van der Waals surface area (Å²) in [6.45, 7) is 1.22. The Balaban J connectivity index is 2.97. The Kier molecular flexibility index (Phi) is 3.66. The molecule has 0 atom stereocenters. The second-order valence-electron chi connectivity index (χ2n) is 3.11. The zero-order chi connectivity index (χ0) is 12.1. The fraction of sp³-hybridized carbons (Fsp3) is 0.0909.